The molecular formula is C14H21BrClNO2. The SMILES string of the molecule is CCN(CC)CC(C)OC(=O)c1ccc(Br)cc1.Cl. The Balaban J connectivity index is 0.00000324. The molecule has 1 atom stereocenters. The highest BCUT2D eigenvalue weighted by Crippen LogP contribution is 2.12. The molecule has 1 aromatic rings. The second kappa shape index (κ2) is 9.34. The van der Waals surface area contributed by atoms with Crippen LogP contribution in [0.1, 0.15) is 31.1 Å². The number of hydrogen-bond donors (Lipinski definition) is 0. The fourth-order valence-corrected chi connectivity index (χ4v) is 1.98. The van der Waals surface area contributed by atoms with E-state index >= 15 is 0 Å². The number of ether oxygens (including phenoxy) is 1. The monoisotopic (exact) mass is 349 g/mol. The number of rotatable bonds is 6. The van der Waals surface area contributed by atoms with Gasteiger partial charge in [-0.05, 0) is 44.3 Å². The summed E-state index contributed by atoms with van der Waals surface area (Å²) in [6, 6.07) is 7.20. The van der Waals surface area contributed by atoms with Crippen molar-refractivity contribution in [2.75, 3.05) is 19.6 Å². The summed E-state index contributed by atoms with van der Waals surface area (Å²) in [5, 5.41) is 0. The van der Waals surface area contributed by atoms with E-state index < -0.39 is 0 Å². The molecule has 0 aromatic heterocycles. The number of likely N-dealkylation sites (N-methyl/N-ethyl adjacent to an activating group) is 1. The Bertz CT molecular complexity index is 380. The lowest BCUT2D eigenvalue weighted by molar-refractivity contribution is 0.0260. The van der Waals surface area contributed by atoms with Crippen LogP contribution in [-0.2, 0) is 4.74 Å². The maximum atomic E-state index is 11.9. The molecule has 19 heavy (non-hydrogen) atoms. The number of nitrogens with zero attached hydrogens (tertiary/aromatic N) is 1. The van der Waals surface area contributed by atoms with Crippen molar-refractivity contribution in [3.63, 3.8) is 0 Å². The summed E-state index contributed by atoms with van der Waals surface area (Å²) in [6.45, 7) is 8.84. The lowest BCUT2D eigenvalue weighted by Gasteiger charge is -2.22. The molecule has 0 saturated heterocycles. The highest BCUT2D eigenvalue weighted by Gasteiger charge is 2.13. The lowest BCUT2D eigenvalue weighted by Crippen LogP contribution is -2.33. The molecule has 0 aliphatic rings. The average molecular weight is 351 g/mol. The first-order valence-electron chi connectivity index (χ1n) is 6.25. The van der Waals surface area contributed by atoms with Crippen LogP contribution in [0.3, 0.4) is 0 Å². The molecule has 0 heterocycles. The third kappa shape index (κ3) is 6.41. The summed E-state index contributed by atoms with van der Waals surface area (Å²) in [7, 11) is 0. The molecule has 1 aromatic carbocycles. The molecule has 5 heteroatoms. The molecule has 1 unspecified atom stereocenters. The quantitative estimate of drug-likeness (QED) is 0.732. The van der Waals surface area contributed by atoms with E-state index in [0.29, 0.717) is 5.56 Å². The van der Waals surface area contributed by atoms with Gasteiger partial charge in [-0.1, -0.05) is 29.8 Å². The van der Waals surface area contributed by atoms with E-state index in [-0.39, 0.29) is 24.5 Å². The van der Waals surface area contributed by atoms with Gasteiger partial charge in [0.25, 0.3) is 0 Å². The van der Waals surface area contributed by atoms with Gasteiger partial charge in [-0.3, -0.25) is 0 Å². The van der Waals surface area contributed by atoms with E-state index in [1.807, 2.05) is 19.1 Å². The van der Waals surface area contributed by atoms with Crippen molar-refractivity contribution in [3.8, 4) is 0 Å². The van der Waals surface area contributed by atoms with Crippen molar-refractivity contribution < 1.29 is 9.53 Å². The Morgan fingerprint density at radius 2 is 1.79 bits per heavy atom. The van der Waals surface area contributed by atoms with Crippen LogP contribution in [0.5, 0.6) is 0 Å². The van der Waals surface area contributed by atoms with E-state index in [1.165, 1.54) is 0 Å². The van der Waals surface area contributed by atoms with Gasteiger partial charge in [0.05, 0.1) is 5.56 Å². The third-order valence-electron chi connectivity index (χ3n) is 2.80. The molecule has 0 N–H and O–H groups in total. The zero-order chi connectivity index (χ0) is 13.5. The standard InChI is InChI=1S/C14H20BrNO2.ClH/c1-4-16(5-2)10-11(3)18-14(17)12-6-8-13(15)9-7-12;/h6-9,11H,4-5,10H2,1-3H3;1H. The number of carbonyl (C=O) groups excluding carboxylic acids is 1. The van der Waals surface area contributed by atoms with Crippen LogP contribution in [0.2, 0.25) is 0 Å². The van der Waals surface area contributed by atoms with Crippen LogP contribution in [0, 0.1) is 0 Å². The molecular weight excluding hydrogens is 330 g/mol. The molecule has 0 amide bonds. The molecule has 0 fully saturated rings. The molecule has 0 radical (unpaired) electrons. The number of carbonyl (C=O) groups is 1. The molecule has 0 spiro atoms. The Kier molecular flexibility index (Phi) is 9.06. The van der Waals surface area contributed by atoms with Crippen LogP contribution < -0.4 is 0 Å². The van der Waals surface area contributed by atoms with Crippen LogP contribution in [-0.4, -0.2) is 36.6 Å². The lowest BCUT2D eigenvalue weighted by atomic mass is 10.2. The minimum Gasteiger partial charge on any atom is -0.458 e. The fourth-order valence-electron chi connectivity index (χ4n) is 1.72. The zero-order valence-corrected chi connectivity index (χ0v) is 14.0. The largest absolute Gasteiger partial charge is 0.458 e. The first-order valence-corrected chi connectivity index (χ1v) is 7.05. The highest BCUT2D eigenvalue weighted by atomic mass is 79.9. The number of halogens is 2. The number of benzene rings is 1. The van der Waals surface area contributed by atoms with Gasteiger partial charge in [0.2, 0.25) is 0 Å². The molecule has 1 rings (SSSR count). The van der Waals surface area contributed by atoms with Crippen molar-refractivity contribution in [1.82, 2.24) is 4.90 Å². The third-order valence-corrected chi connectivity index (χ3v) is 3.33. The molecule has 0 saturated carbocycles. The summed E-state index contributed by atoms with van der Waals surface area (Å²) in [4.78, 5) is 14.1. The minimum atomic E-state index is -0.262. The Morgan fingerprint density at radius 3 is 2.26 bits per heavy atom. The molecule has 0 aliphatic carbocycles. The number of hydrogen-bond acceptors (Lipinski definition) is 3. The predicted octanol–water partition coefficient (Wildman–Crippen LogP) is 3.76. The van der Waals surface area contributed by atoms with Gasteiger partial charge in [-0.25, -0.2) is 4.79 Å². The van der Waals surface area contributed by atoms with Crippen LogP contribution in [0.25, 0.3) is 0 Å². The van der Waals surface area contributed by atoms with Gasteiger partial charge in [0, 0.05) is 11.0 Å². The maximum absolute atomic E-state index is 11.9. The maximum Gasteiger partial charge on any atom is 0.338 e. The van der Waals surface area contributed by atoms with Crippen molar-refractivity contribution in [3.05, 3.63) is 34.3 Å². The van der Waals surface area contributed by atoms with E-state index in [0.717, 1.165) is 24.1 Å². The summed E-state index contributed by atoms with van der Waals surface area (Å²) >= 11 is 3.34. The second-order valence-corrected chi connectivity index (χ2v) is 5.12. The molecule has 0 aliphatic heterocycles. The number of esters is 1. The zero-order valence-electron chi connectivity index (χ0n) is 11.6. The van der Waals surface area contributed by atoms with E-state index in [4.69, 9.17) is 4.74 Å². The summed E-state index contributed by atoms with van der Waals surface area (Å²) < 4.78 is 6.37. The van der Waals surface area contributed by atoms with E-state index in [1.54, 1.807) is 12.1 Å². The van der Waals surface area contributed by atoms with Gasteiger partial charge in [0.15, 0.2) is 0 Å². The van der Waals surface area contributed by atoms with Gasteiger partial charge in [-0.15, -0.1) is 12.4 Å². The van der Waals surface area contributed by atoms with Gasteiger partial charge in [-0.2, -0.15) is 0 Å². The fraction of sp³-hybridized carbons (Fsp3) is 0.500. The Hall–Kier alpha value is -0.580. The highest BCUT2D eigenvalue weighted by molar-refractivity contribution is 9.10. The predicted molar refractivity (Wildman–Crippen MR) is 84.1 cm³/mol. The topological polar surface area (TPSA) is 29.5 Å². The van der Waals surface area contributed by atoms with Crippen molar-refractivity contribution in [1.29, 1.82) is 0 Å². The summed E-state index contributed by atoms with van der Waals surface area (Å²) in [6.07, 6.45) is -0.0963. The smallest absolute Gasteiger partial charge is 0.338 e. The first-order chi connectivity index (χ1) is 8.56. The Labute approximate surface area is 129 Å². The van der Waals surface area contributed by atoms with Gasteiger partial charge < -0.3 is 9.64 Å². The first kappa shape index (κ1) is 18.4. The second-order valence-electron chi connectivity index (χ2n) is 4.21. The summed E-state index contributed by atoms with van der Waals surface area (Å²) in [5.41, 5.74) is 0.588. The molecule has 0 bridgehead atoms. The average Bonchev–Trinajstić information content (AvgIpc) is 2.36. The van der Waals surface area contributed by atoms with Crippen molar-refractivity contribution >= 4 is 34.3 Å². The van der Waals surface area contributed by atoms with Gasteiger partial charge >= 0.3 is 5.97 Å². The summed E-state index contributed by atoms with van der Waals surface area (Å²) in [5.74, 6) is -0.262. The van der Waals surface area contributed by atoms with Crippen LogP contribution >= 0.6 is 28.3 Å². The van der Waals surface area contributed by atoms with Gasteiger partial charge in [0.1, 0.15) is 6.10 Å². The van der Waals surface area contributed by atoms with Crippen molar-refractivity contribution in [2.45, 2.75) is 26.9 Å². The van der Waals surface area contributed by atoms with Crippen molar-refractivity contribution in [2.24, 2.45) is 0 Å². The normalized spacial score (nSPS) is 11.8. The van der Waals surface area contributed by atoms with Crippen LogP contribution in [0.15, 0.2) is 28.7 Å². The molecule has 108 valence electrons. The van der Waals surface area contributed by atoms with E-state index in [9.17, 15) is 4.79 Å². The minimum absolute atomic E-state index is 0. The van der Waals surface area contributed by atoms with Crippen LogP contribution in [0.4, 0.5) is 0 Å². The van der Waals surface area contributed by atoms with E-state index in [2.05, 4.69) is 34.7 Å². The molecule has 3 nitrogen and oxygen atoms in total. The Morgan fingerprint density at radius 1 is 1.26 bits per heavy atom.